The normalized spacial score (nSPS) is 25.6. The van der Waals surface area contributed by atoms with Gasteiger partial charge in [-0.25, -0.2) is 4.79 Å². The maximum absolute atomic E-state index is 11.3. The van der Waals surface area contributed by atoms with Crippen molar-refractivity contribution in [1.29, 1.82) is 0 Å². The standard InChI is InChI=1S/C10H9ClO2/c1-6-4-3-5-7-8(6)10(2,11)13-9(7)12/h3-5H,1-2H3. The number of hydrogen-bond donors (Lipinski definition) is 0. The van der Waals surface area contributed by atoms with Gasteiger partial charge < -0.3 is 4.74 Å². The van der Waals surface area contributed by atoms with Gasteiger partial charge in [-0.2, -0.15) is 0 Å². The molecular formula is C10H9ClO2. The van der Waals surface area contributed by atoms with Gasteiger partial charge in [-0.05, 0) is 25.5 Å². The van der Waals surface area contributed by atoms with E-state index in [1.807, 2.05) is 19.1 Å². The first-order valence-electron chi connectivity index (χ1n) is 4.05. The third-order valence-corrected chi connectivity index (χ3v) is 2.49. The zero-order valence-corrected chi connectivity index (χ0v) is 8.18. The molecule has 1 aliphatic rings. The molecule has 0 aromatic heterocycles. The van der Waals surface area contributed by atoms with E-state index >= 15 is 0 Å². The van der Waals surface area contributed by atoms with Gasteiger partial charge in [0, 0.05) is 5.56 Å². The van der Waals surface area contributed by atoms with E-state index in [4.69, 9.17) is 16.3 Å². The van der Waals surface area contributed by atoms with Gasteiger partial charge in [-0.1, -0.05) is 23.7 Å². The van der Waals surface area contributed by atoms with Crippen molar-refractivity contribution in [3.05, 3.63) is 34.9 Å². The molecule has 1 aromatic rings. The molecule has 0 amide bonds. The van der Waals surface area contributed by atoms with Crippen molar-refractivity contribution in [3.8, 4) is 0 Å². The Balaban J connectivity index is 2.73. The fourth-order valence-electron chi connectivity index (χ4n) is 1.71. The molecule has 1 atom stereocenters. The lowest BCUT2D eigenvalue weighted by atomic mass is 10.0. The van der Waals surface area contributed by atoms with Crippen LogP contribution in [0.1, 0.15) is 28.4 Å². The van der Waals surface area contributed by atoms with E-state index in [9.17, 15) is 4.79 Å². The Morgan fingerprint density at radius 3 is 2.77 bits per heavy atom. The van der Waals surface area contributed by atoms with Gasteiger partial charge in [0.05, 0.1) is 5.56 Å². The van der Waals surface area contributed by atoms with Crippen molar-refractivity contribution >= 4 is 17.6 Å². The fourth-order valence-corrected chi connectivity index (χ4v) is 2.03. The molecule has 1 aliphatic heterocycles. The van der Waals surface area contributed by atoms with E-state index in [1.165, 1.54) is 0 Å². The van der Waals surface area contributed by atoms with Crippen LogP contribution < -0.4 is 0 Å². The number of halogens is 1. The number of benzene rings is 1. The van der Waals surface area contributed by atoms with Crippen molar-refractivity contribution in [2.45, 2.75) is 18.9 Å². The number of hydrogen-bond acceptors (Lipinski definition) is 2. The van der Waals surface area contributed by atoms with Gasteiger partial charge in [0.1, 0.15) is 0 Å². The topological polar surface area (TPSA) is 26.3 Å². The highest BCUT2D eigenvalue weighted by Crippen LogP contribution is 2.41. The lowest BCUT2D eigenvalue weighted by Crippen LogP contribution is -2.13. The van der Waals surface area contributed by atoms with Crippen LogP contribution in [0.2, 0.25) is 0 Å². The molecule has 3 heteroatoms. The predicted molar refractivity (Wildman–Crippen MR) is 49.8 cm³/mol. The Morgan fingerprint density at radius 2 is 2.15 bits per heavy atom. The summed E-state index contributed by atoms with van der Waals surface area (Å²) in [5.74, 6) is -0.337. The molecule has 1 aromatic carbocycles. The maximum Gasteiger partial charge on any atom is 0.340 e. The fraction of sp³-hybridized carbons (Fsp3) is 0.300. The first-order valence-corrected chi connectivity index (χ1v) is 4.42. The van der Waals surface area contributed by atoms with Gasteiger partial charge in [0.2, 0.25) is 5.06 Å². The van der Waals surface area contributed by atoms with E-state index < -0.39 is 5.06 Å². The highest BCUT2D eigenvalue weighted by Gasteiger charge is 2.40. The molecule has 0 spiro atoms. The van der Waals surface area contributed by atoms with E-state index in [1.54, 1.807) is 13.0 Å². The molecule has 0 saturated heterocycles. The van der Waals surface area contributed by atoms with Crippen LogP contribution in [0.3, 0.4) is 0 Å². The minimum Gasteiger partial charge on any atom is -0.435 e. The van der Waals surface area contributed by atoms with Crippen LogP contribution in [0, 0.1) is 6.92 Å². The van der Waals surface area contributed by atoms with Crippen LogP contribution in [0.25, 0.3) is 0 Å². The van der Waals surface area contributed by atoms with Crippen molar-refractivity contribution < 1.29 is 9.53 Å². The van der Waals surface area contributed by atoms with E-state index in [0.29, 0.717) is 5.56 Å². The van der Waals surface area contributed by atoms with Crippen molar-refractivity contribution in [2.24, 2.45) is 0 Å². The molecule has 0 N–H and O–H groups in total. The number of carbonyl (C=O) groups is 1. The smallest absolute Gasteiger partial charge is 0.340 e. The Hall–Kier alpha value is -1.02. The molecule has 0 saturated carbocycles. The molecule has 0 fully saturated rings. The number of cyclic esters (lactones) is 1. The second-order valence-corrected chi connectivity index (χ2v) is 4.03. The summed E-state index contributed by atoms with van der Waals surface area (Å²) in [5.41, 5.74) is 2.36. The molecule has 68 valence electrons. The lowest BCUT2D eigenvalue weighted by Gasteiger charge is -2.16. The van der Waals surface area contributed by atoms with Crippen LogP contribution in [0.15, 0.2) is 18.2 Å². The van der Waals surface area contributed by atoms with E-state index in [0.717, 1.165) is 11.1 Å². The van der Waals surface area contributed by atoms with Crippen molar-refractivity contribution in [2.75, 3.05) is 0 Å². The number of rotatable bonds is 0. The van der Waals surface area contributed by atoms with Gasteiger partial charge in [-0.3, -0.25) is 0 Å². The van der Waals surface area contributed by atoms with Gasteiger partial charge in [0.25, 0.3) is 0 Å². The van der Waals surface area contributed by atoms with Gasteiger partial charge in [-0.15, -0.1) is 0 Å². The van der Waals surface area contributed by atoms with Gasteiger partial charge in [0.15, 0.2) is 0 Å². The number of ether oxygens (including phenoxy) is 1. The third-order valence-electron chi connectivity index (χ3n) is 2.22. The molecule has 2 rings (SSSR count). The quantitative estimate of drug-likeness (QED) is 0.471. The highest BCUT2D eigenvalue weighted by atomic mass is 35.5. The zero-order chi connectivity index (χ0) is 9.64. The molecule has 1 unspecified atom stereocenters. The number of carbonyl (C=O) groups excluding carboxylic acids is 1. The molecule has 2 nitrogen and oxygen atoms in total. The van der Waals surface area contributed by atoms with Crippen LogP contribution in [-0.4, -0.2) is 5.97 Å². The number of aryl methyl sites for hydroxylation is 1. The summed E-state index contributed by atoms with van der Waals surface area (Å²) in [7, 11) is 0. The van der Waals surface area contributed by atoms with Crippen molar-refractivity contribution in [1.82, 2.24) is 0 Å². The van der Waals surface area contributed by atoms with Gasteiger partial charge >= 0.3 is 5.97 Å². The second-order valence-electron chi connectivity index (χ2n) is 3.30. The summed E-state index contributed by atoms with van der Waals surface area (Å²) in [5, 5.41) is -0.988. The summed E-state index contributed by atoms with van der Waals surface area (Å²) in [4.78, 5) is 11.3. The van der Waals surface area contributed by atoms with Crippen molar-refractivity contribution in [3.63, 3.8) is 0 Å². The molecule has 0 radical (unpaired) electrons. The molecule has 0 aliphatic carbocycles. The Labute approximate surface area is 81.5 Å². The SMILES string of the molecule is Cc1cccc2c1C(C)(Cl)OC2=O. The summed E-state index contributed by atoms with van der Waals surface area (Å²) in [6, 6.07) is 5.48. The first-order chi connectivity index (χ1) is 6.02. The monoisotopic (exact) mass is 196 g/mol. The summed E-state index contributed by atoms with van der Waals surface area (Å²) in [6.07, 6.45) is 0. The number of esters is 1. The average molecular weight is 197 g/mol. The van der Waals surface area contributed by atoms with Crippen LogP contribution >= 0.6 is 11.6 Å². The zero-order valence-electron chi connectivity index (χ0n) is 7.43. The van der Waals surface area contributed by atoms with E-state index in [-0.39, 0.29) is 5.97 Å². The molecular weight excluding hydrogens is 188 g/mol. The number of fused-ring (bicyclic) bond motifs is 1. The molecule has 13 heavy (non-hydrogen) atoms. The third kappa shape index (κ3) is 1.13. The Bertz CT molecular complexity index is 383. The van der Waals surface area contributed by atoms with Crippen LogP contribution in [0.5, 0.6) is 0 Å². The molecule has 1 heterocycles. The molecule has 0 bridgehead atoms. The first kappa shape index (κ1) is 8.57. The summed E-state index contributed by atoms with van der Waals surface area (Å²) >= 11 is 6.06. The predicted octanol–water partition coefficient (Wildman–Crippen LogP) is 2.58. The largest absolute Gasteiger partial charge is 0.435 e. The summed E-state index contributed by atoms with van der Waals surface area (Å²) in [6.45, 7) is 3.60. The Morgan fingerprint density at radius 1 is 1.46 bits per heavy atom. The van der Waals surface area contributed by atoms with E-state index in [2.05, 4.69) is 0 Å². The lowest BCUT2D eigenvalue weighted by molar-refractivity contribution is 0.0315. The number of alkyl halides is 1. The maximum atomic E-state index is 11.3. The average Bonchev–Trinajstić information content (AvgIpc) is 2.24. The highest BCUT2D eigenvalue weighted by molar-refractivity contribution is 6.25. The Kier molecular flexibility index (Phi) is 1.64. The summed E-state index contributed by atoms with van der Waals surface area (Å²) < 4.78 is 5.03. The minimum atomic E-state index is -0.988. The minimum absolute atomic E-state index is 0.337. The second kappa shape index (κ2) is 2.48. The van der Waals surface area contributed by atoms with Crippen LogP contribution in [0.4, 0.5) is 0 Å². The van der Waals surface area contributed by atoms with Crippen LogP contribution in [-0.2, 0) is 9.80 Å².